The van der Waals surface area contributed by atoms with E-state index < -0.39 is 5.97 Å². The number of hydrogen-bond donors (Lipinski definition) is 2. The molecule has 2 N–H and O–H groups in total. The lowest BCUT2D eigenvalue weighted by atomic mass is 9.58. The molecule has 7 nitrogen and oxygen atoms in total. The van der Waals surface area contributed by atoms with E-state index in [4.69, 9.17) is 37.6 Å². The van der Waals surface area contributed by atoms with Gasteiger partial charge < -0.3 is 19.7 Å². The lowest BCUT2D eigenvalue weighted by molar-refractivity contribution is -0.162. The molecule has 1 amide bonds. The van der Waals surface area contributed by atoms with Crippen LogP contribution in [-0.4, -0.2) is 27.7 Å². The van der Waals surface area contributed by atoms with Gasteiger partial charge in [-0.25, -0.2) is 4.79 Å². The van der Waals surface area contributed by atoms with Crippen LogP contribution in [0.5, 0.6) is 0 Å². The Morgan fingerprint density at radius 1 is 1.00 bits per heavy atom. The molecule has 204 valence electrons. The summed E-state index contributed by atoms with van der Waals surface area (Å²) in [5.74, 6) is 0.340. The number of rotatable bonds is 9. The second kappa shape index (κ2) is 10.3. The number of benzene rings is 2. The van der Waals surface area contributed by atoms with Crippen molar-refractivity contribution >= 4 is 35.1 Å². The molecular formula is C30H30Cl2N2O5. The second-order valence-electron chi connectivity index (χ2n) is 11.2. The summed E-state index contributed by atoms with van der Waals surface area (Å²) in [6.45, 7) is 0.755. The van der Waals surface area contributed by atoms with E-state index in [0.717, 1.165) is 68.3 Å². The largest absolute Gasteiger partial charge is 0.478 e. The van der Waals surface area contributed by atoms with E-state index in [0.29, 0.717) is 40.4 Å². The molecule has 3 aromatic rings. The highest BCUT2D eigenvalue weighted by Crippen LogP contribution is 2.55. The molecule has 0 atom stereocenters. The van der Waals surface area contributed by atoms with Crippen LogP contribution in [0.25, 0.3) is 11.3 Å². The molecular weight excluding hydrogens is 539 g/mol. The molecule has 2 bridgehead atoms. The molecule has 1 heterocycles. The van der Waals surface area contributed by atoms with Gasteiger partial charge in [-0.2, -0.15) is 0 Å². The molecule has 4 aliphatic rings. The Labute approximate surface area is 236 Å². The van der Waals surface area contributed by atoms with Crippen LogP contribution in [0.1, 0.15) is 84.5 Å². The lowest BCUT2D eigenvalue weighted by Gasteiger charge is -2.52. The average Bonchev–Trinajstić information content (AvgIpc) is 3.71. The number of carbonyl (C=O) groups excluding carboxylic acids is 1. The predicted molar refractivity (Wildman–Crippen MR) is 147 cm³/mol. The van der Waals surface area contributed by atoms with E-state index in [1.54, 1.807) is 36.4 Å². The molecule has 0 spiro atoms. The molecule has 0 radical (unpaired) electrons. The van der Waals surface area contributed by atoms with Crippen LogP contribution in [0.4, 0.5) is 0 Å². The average molecular weight is 569 g/mol. The predicted octanol–water partition coefficient (Wildman–Crippen LogP) is 7.15. The molecule has 9 heteroatoms. The third kappa shape index (κ3) is 5.08. The Kier molecular flexibility index (Phi) is 6.94. The number of nitrogens with one attached hydrogen (secondary N) is 1. The highest BCUT2D eigenvalue weighted by Gasteiger charge is 2.53. The number of aromatic carboxylic acids is 1. The molecule has 4 saturated carbocycles. The number of carbonyl (C=O) groups is 2. The standard InChI is InChI=1S/C30H30Cl2N2O5/c31-22-2-1-3-23(32)24(22)25-21(26(39-34-25)19-8-9-19)17-38-30-13-10-29(11-14-30,12-15-30)28(37)33-16-18-4-6-20(7-5-18)27(35)36/h1-7,19H,8-17H2,(H,33,37)(H,35,36). The summed E-state index contributed by atoms with van der Waals surface area (Å²) in [6.07, 6.45) is 6.94. The monoisotopic (exact) mass is 568 g/mol. The third-order valence-corrected chi connectivity index (χ3v) is 9.43. The summed E-state index contributed by atoms with van der Waals surface area (Å²) in [5, 5.41) is 17.6. The molecule has 7 rings (SSSR count). The molecule has 39 heavy (non-hydrogen) atoms. The third-order valence-electron chi connectivity index (χ3n) is 8.80. The van der Waals surface area contributed by atoms with Crippen LogP contribution < -0.4 is 5.32 Å². The van der Waals surface area contributed by atoms with Gasteiger partial charge in [-0.3, -0.25) is 4.79 Å². The van der Waals surface area contributed by atoms with Crippen LogP contribution in [0.15, 0.2) is 47.0 Å². The van der Waals surface area contributed by atoms with Crippen molar-refractivity contribution in [3.05, 3.63) is 75.0 Å². The minimum absolute atomic E-state index is 0.0730. The van der Waals surface area contributed by atoms with Gasteiger partial charge in [0.25, 0.3) is 0 Å². The van der Waals surface area contributed by atoms with Gasteiger partial charge in [-0.15, -0.1) is 0 Å². The maximum atomic E-state index is 13.3. The number of nitrogens with zero attached hydrogens (tertiary/aromatic N) is 1. The van der Waals surface area contributed by atoms with Crippen molar-refractivity contribution in [2.45, 2.75) is 76.0 Å². The highest BCUT2D eigenvalue weighted by molar-refractivity contribution is 6.39. The van der Waals surface area contributed by atoms with Crippen molar-refractivity contribution < 1.29 is 24.0 Å². The van der Waals surface area contributed by atoms with E-state index in [-0.39, 0.29) is 22.5 Å². The quantitative estimate of drug-likeness (QED) is 0.284. The first kappa shape index (κ1) is 26.4. The topological polar surface area (TPSA) is 102 Å². The first-order chi connectivity index (χ1) is 18.8. The molecule has 2 aromatic carbocycles. The van der Waals surface area contributed by atoms with Crippen LogP contribution >= 0.6 is 23.2 Å². The van der Waals surface area contributed by atoms with Crippen molar-refractivity contribution in [1.29, 1.82) is 0 Å². The summed E-state index contributed by atoms with van der Waals surface area (Å²) in [6, 6.07) is 12.0. The van der Waals surface area contributed by atoms with Crippen molar-refractivity contribution in [2.75, 3.05) is 0 Å². The lowest BCUT2D eigenvalue weighted by Crippen LogP contribution is -2.53. The minimum Gasteiger partial charge on any atom is -0.478 e. The fourth-order valence-corrected chi connectivity index (χ4v) is 6.69. The molecule has 1 aromatic heterocycles. The SMILES string of the molecule is O=C(O)c1ccc(CNC(=O)C23CCC(OCc4c(-c5c(Cl)cccc5Cl)noc4C4CC4)(CC2)CC3)cc1. The number of fused-ring (bicyclic) bond motifs is 3. The Balaban J connectivity index is 1.11. The highest BCUT2D eigenvalue weighted by atomic mass is 35.5. The van der Waals surface area contributed by atoms with E-state index in [9.17, 15) is 9.59 Å². The van der Waals surface area contributed by atoms with Gasteiger partial charge in [0, 0.05) is 29.0 Å². The number of amides is 1. The maximum absolute atomic E-state index is 13.3. The van der Waals surface area contributed by atoms with E-state index in [1.165, 1.54) is 0 Å². The van der Waals surface area contributed by atoms with Crippen LogP contribution in [0.3, 0.4) is 0 Å². The minimum atomic E-state index is -0.962. The maximum Gasteiger partial charge on any atom is 0.335 e. The van der Waals surface area contributed by atoms with E-state index in [2.05, 4.69) is 10.5 Å². The zero-order valence-corrected chi connectivity index (χ0v) is 23.0. The Morgan fingerprint density at radius 3 is 2.23 bits per heavy atom. The number of carboxylic acid groups (broad SMARTS) is 1. The van der Waals surface area contributed by atoms with Crippen LogP contribution in [0.2, 0.25) is 10.0 Å². The molecule has 0 saturated heterocycles. The normalized spacial score (nSPS) is 24.1. The summed E-state index contributed by atoms with van der Waals surface area (Å²) < 4.78 is 12.5. The van der Waals surface area contributed by atoms with E-state index >= 15 is 0 Å². The smallest absolute Gasteiger partial charge is 0.335 e. The number of carboxylic acids is 1. The fraction of sp³-hybridized carbons (Fsp3) is 0.433. The van der Waals surface area contributed by atoms with Crippen LogP contribution in [-0.2, 0) is 22.7 Å². The fourth-order valence-electron chi connectivity index (χ4n) is 6.12. The Bertz CT molecular complexity index is 1370. The molecule has 0 aliphatic heterocycles. The van der Waals surface area contributed by atoms with E-state index in [1.807, 2.05) is 6.07 Å². The summed E-state index contributed by atoms with van der Waals surface area (Å²) in [5.41, 5.74) is 2.72. The van der Waals surface area contributed by atoms with Crippen molar-refractivity contribution in [3.63, 3.8) is 0 Å². The first-order valence-corrected chi connectivity index (χ1v) is 14.2. The number of halogens is 2. The summed E-state index contributed by atoms with van der Waals surface area (Å²) in [4.78, 5) is 24.3. The molecule has 0 unspecified atom stereocenters. The van der Waals surface area contributed by atoms with Gasteiger partial charge in [0.15, 0.2) is 0 Å². The molecule has 4 aliphatic carbocycles. The number of ether oxygens (including phenoxy) is 1. The van der Waals surface area contributed by atoms with Gasteiger partial charge in [0.2, 0.25) is 5.91 Å². The Hall–Kier alpha value is -2.87. The van der Waals surface area contributed by atoms with Gasteiger partial charge in [0.05, 0.1) is 27.8 Å². The molecule has 4 fully saturated rings. The van der Waals surface area contributed by atoms with Crippen molar-refractivity contribution in [1.82, 2.24) is 10.5 Å². The first-order valence-electron chi connectivity index (χ1n) is 13.5. The number of aromatic nitrogens is 1. The van der Waals surface area contributed by atoms with Gasteiger partial charge in [-0.05, 0) is 81.2 Å². The van der Waals surface area contributed by atoms with Gasteiger partial charge in [-0.1, -0.05) is 46.6 Å². The van der Waals surface area contributed by atoms with Gasteiger partial charge >= 0.3 is 5.97 Å². The summed E-state index contributed by atoms with van der Waals surface area (Å²) >= 11 is 13.0. The zero-order valence-electron chi connectivity index (χ0n) is 21.5. The van der Waals surface area contributed by atoms with Crippen LogP contribution in [0, 0.1) is 5.41 Å². The second-order valence-corrected chi connectivity index (χ2v) is 12.0. The number of hydrogen-bond acceptors (Lipinski definition) is 5. The summed E-state index contributed by atoms with van der Waals surface area (Å²) in [7, 11) is 0. The van der Waals surface area contributed by atoms with Crippen molar-refractivity contribution in [3.8, 4) is 11.3 Å². The van der Waals surface area contributed by atoms with Crippen molar-refractivity contribution in [2.24, 2.45) is 5.41 Å². The van der Waals surface area contributed by atoms with Gasteiger partial charge in [0.1, 0.15) is 11.5 Å². The zero-order chi connectivity index (χ0) is 27.2. The Morgan fingerprint density at radius 2 is 1.64 bits per heavy atom.